The molecule has 5 nitrogen and oxygen atoms in total. The molecule has 0 aromatic rings. The van der Waals surface area contributed by atoms with Crippen LogP contribution in [0.5, 0.6) is 0 Å². The molecule has 5 heteroatoms. The van der Waals surface area contributed by atoms with Crippen molar-refractivity contribution in [1.82, 2.24) is 0 Å². The van der Waals surface area contributed by atoms with Crippen LogP contribution in [0, 0.1) is 0 Å². The molecular weight excluding hydrogens is 150 g/mol. The van der Waals surface area contributed by atoms with Gasteiger partial charge in [-0.15, -0.1) is 0 Å². The molecule has 66 valence electrons. The molecule has 0 amide bonds. The fourth-order valence-corrected chi connectivity index (χ4v) is 1.17. The monoisotopic (exact) mass is 163 g/mol. The lowest BCUT2D eigenvalue weighted by atomic mass is 10.1. The van der Waals surface area contributed by atoms with E-state index >= 15 is 0 Å². The van der Waals surface area contributed by atoms with E-state index in [1.165, 1.54) is 0 Å². The second kappa shape index (κ2) is 3.46. The number of nitrogens with two attached hydrogens (primary N) is 1. The first-order valence-corrected chi connectivity index (χ1v) is 3.53. The van der Waals surface area contributed by atoms with Gasteiger partial charge in [0, 0.05) is 6.54 Å². The number of rotatable bonds is 2. The molecule has 1 aliphatic heterocycles. The molecule has 0 spiro atoms. The predicted octanol–water partition coefficient (Wildman–Crippen LogP) is -2.57. The highest BCUT2D eigenvalue weighted by atomic mass is 16.6. The lowest BCUT2D eigenvalue weighted by Crippen LogP contribution is -2.36. The van der Waals surface area contributed by atoms with Crippen molar-refractivity contribution in [3.63, 3.8) is 0 Å². The third kappa shape index (κ3) is 1.52. The zero-order valence-electron chi connectivity index (χ0n) is 6.05. The topological polar surface area (TPSA) is 95.9 Å². The predicted molar refractivity (Wildman–Crippen MR) is 36.8 cm³/mol. The number of hydrogen-bond donors (Lipinski definition) is 4. The van der Waals surface area contributed by atoms with Gasteiger partial charge >= 0.3 is 0 Å². The first kappa shape index (κ1) is 8.89. The van der Waals surface area contributed by atoms with Gasteiger partial charge in [-0.3, -0.25) is 0 Å². The van der Waals surface area contributed by atoms with Crippen molar-refractivity contribution in [2.45, 2.75) is 24.4 Å². The average molecular weight is 163 g/mol. The average Bonchev–Trinajstić information content (AvgIpc) is 2.30. The van der Waals surface area contributed by atoms with E-state index in [1.807, 2.05) is 0 Å². The van der Waals surface area contributed by atoms with Gasteiger partial charge in [0.15, 0.2) is 0 Å². The summed E-state index contributed by atoms with van der Waals surface area (Å²) in [7, 11) is 0. The minimum atomic E-state index is -1.02. The van der Waals surface area contributed by atoms with Crippen LogP contribution in [0.2, 0.25) is 0 Å². The molecule has 0 radical (unpaired) electrons. The van der Waals surface area contributed by atoms with E-state index in [0.717, 1.165) is 0 Å². The summed E-state index contributed by atoms with van der Waals surface area (Å²) in [4.78, 5) is 0. The maximum absolute atomic E-state index is 9.19. The highest BCUT2D eigenvalue weighted by Gasteiger charge is 2.41. The molecule has 0 unspecified atom stereocenters. The van der Waals surface area contributed by atoms with Crippen LogP contribution in [0.3, 0.4) is 0 Å². The summed E-state index contributed by atoms with van der Waals surface area (Å²) < 4.78 is 5.01. The van der Waals surface area contributed by atoms with Gasteiger partial charge in [0.1, 0.15) is 18.3 Å². The molecule has 1 rings (SSSR count). The zero-order chi connectivity index (χ0) is 8.43. The van der Waals surface area contributed by atoms with Crippen LogP contribution in [0.25, 0.3) is 0 Å². The Morgan fingerprint density at radius 2 is 1.73 bits per heavy atom. The third-order valence-electron chi connectivity index (χ3n) is 1.87. The van der Waals surface area contributed by atoms with Crippen molar-refractivity contribution < 1.29 is 20.1 Å². The number of hydrogen-bond acceptors (Lipinski definition) is 5. The van der Waals surface area contributed by atoms with Gasteiger partial charge < -0.3 is 25.8 Å². The molecule has 11 heavy (non-hydrogen) atoms. The summed E-state index contributed by atoms with van der Waals surface area (Å²) >= 11 is 0. The van der Waals surface area contributed by atoms with Gasteiger partial charge in [0.2, 0.25) is 0 Å². The highest BCUT2D eigenvalue weighted by Crippen LogP contribution is 2.19. The van der Waals surface area contributed by atoms with Crippen LogP contribution in [0.1, 0.15) is 0 Å². The first-order chi connectivity index (χ1) is 5.20. The number of ether oxygens (including phenoxy) is 1. The van der Waals surface area contributed by atoms with Crippen molar-refractivity contribution in [2.24, 2.45) is 5.73 Å². The Labute approximate surface area is 64.4 Å². The quantitative estimate of drug-likeness (QED) is 0.359. The Balaban J connectivity index is 2.53. The molecule has 0 aromatic heterocycles. The van der Waals surface area contributed by atoms with Crippen LogP contribution in [-0.4, -0.2) is 52.9 Å². The molecule has 0 aliphatic carbocycles. The Kier molecular flexibility index (Phi) is 2.80. The molecule has 5 N–H and O–H groups in total. The zero-order valence-corrected chi connectivity index (χ0v) is 6.05. The summed E-state index contributed by atoms with van der Waals surface area (Å²) in [6.07, 6.45) is -3.24. The summed E-state index contributed by atoms with van der Waals surface area (Å²) in [5, 5.41) is 27.0. The van der Waals surface area contributed by atoms with Gasteiger partial charge in [-0.05, 0) is 0 Å². The summed E-state index contributed by atoms with van der Waals surface area (Å²) in [6, 6.07) is 0. The molecule has 0 aromatic carbocycles. The van der Waals surface area contributed by atoms with Crippen LogP contribution in [0.4, 0.5) is 0 Å². The smallest absolute Gasteiger partial charge is 0.111 e. The van der Waals surface area contributed by atoms with Gasteiger partial charge in [-0.25, -0.2) is 0 Å². The van der Waals surface area contributed by atoms with Crippen molar-refractivity contribution in [3.8, 4) is 0 Å². The minimum absolute atomic E-state index is 0.148. The fraction of sp³-hybridized carbons (Fsp3) is 1.00. The number of aliphatic hydroxyl groups excluding tert-OH is 3. The molecular formula is C6H13NO4. The molecule has 1 fully saturated rings. The molecule has 1 saturated heterocycles. The molecule has 0 bridgehead atoms. The van der Waals surface area contributed by atoms with Crippen LogP contribution >= 0.6 is 0 Å². The van der Waals surface area contributed by atoms with Crippen molar-refractivity contribution in [3.05, 3.63) is 0 Å². The Morgan fingerprint density at radius 3 is 2.00 bits per heavy atom. The summed E-state index contributed by atoms with van der Waals surface area (Å²) in [5.41, 5.74) is 5.23. The fourth-order valence-electron chi connectivity index (χ4n) is 1.17. The molecule has 1 aliphatic rings. The Bertz CT molecular complexity index is 114. The minimum Gasteiger partial charge on any atom is -0.394 e. The van der Waals surface area contributed by atoms with E-state index < -0.39 is 24.4 Å². The first-order valence-electron chi connectivity index (χ1n) is 3.53. The van der Waals surface area contributed by atoms with E-state index in [9.17, 15) is 5.11 Å². The van der Waals surface area contributed by atoms with E-state index in [0.29, 0.717) is 0 Å². The van der Waals surface area contributed by atoms with Crippen molar-refractivity contribution >= 4 is 0 Å². The second-order valence-corrected chi connectivity index (χ2v) is 2.61. The normalized spacial score (nSPS) is 44.7. The van der Waals surface area contributed by atoms with Crippen LogP contribution in [-0.2, 0) is 4.74 Å². The van der Waals surface area contributed by atoms with Gasteiger partial charge in [-0.2, -0.15) is 0 Å². The van der Waals surface area contributed by atoms with E-state index in [-0.39, 0.29) is 13.2 Å². The Hall–Kier alpha value is -0.200. The number of aliphatic hydroxyl groups is 3. The Morgan fingerprint density at radius 1 is 1.18 bits per heavy atom. The maximum Gasteiger partial charge on any atom is 0.111 e. The van der Waals surface area contributed by atoms with E-state index in [1.54, 1.807) is 0 Å². The lowest BCUT2D eigenvalue weighted by Gasteiger charge is -2.11. The van der Waals surface area contributed by atoms with Crippen molar-refractivity contribution in [2.75, 3.05) is 13.2 Å². The summed E-state index contributed by atoms with van der Waals surface area (Å²) in [5.74, 6) is 0. The standard InChI is InChI=1S/C6H13NO4/c7-1-3-5(9)6(10)4(2-8)11-3/h3-6,8-10H,1-2,7H2/t3-,4+,5-,6+/m0/s1. The molecule has 0 saturated carbocycles. The SMILES string of the molecule is NC[C@@H]1O[C@H](CO)[C@@H](O)[C@H]1O. The maximum atomic E-state index is 9.19. The van der Waals surface area contributed by atoms with Gasteiger partial charge in [0.25, 0.3) is 0 Å². The molecule has 1 heterocycles. The van der Waals surface area contributed by atoms with Gasteiger partial charge in [-0.1, -0.05) is 0 Å². The molecule has 4 atom stereocenters. The van der Waals surface area contributed by atoms with Crippen molar-refractivity contribution in [1.29, 1.82) is 0 Å². The van der Waals surface area contributed by atoms with Gasteiger partial charge in [0.05, 0.1) is 12.7 Å². The van der Waals surface area contributed by atoms with E-state index in [4.69, 9.17) is 20.7 Å². The largest absolute Gasteiger partial charge is 0.394 e. The third-order valence-corrected chi connectivity index (χ3v) is 1.87. The van der Waals surface area contributed by atoms with Crippen LogP contribution < -0.4 is 5.73 Å². The van der Waals surface area contributed by atoms with E-state index in [2.05, 4.69) is 0 Å². The van der Waals surface area contributed by atoms with Crippen LogP contribution in [0.15, 0.2) is 0 Å². The summed E-state index contributed by atoms with van der Waals surface area (Å²) in [6.45, 7) is -0.149. The second-order valence-electron chi connectivity index (χ2n) is 2.61. The lowest BCUT2D eigenvalue weighted by molar-refractivity contribution is -0.0193. The highest BCUT2D eigenvalue weighted by molar-refractivity contribution is 4.90.